The van der Waals surface area contributed by atoms with E-state index in [1.807, 2.05) is 17.8 Å². The van der Waals surface area contributed by atoms with E-state index in [4.69, 9.17) is 0 Å². The van der Waals surface area contributed by atoms with Crippen molar-refractivity contribution in [3.05, 3.63) is 24.3 Å². The van der Waals surface area contributed by atoms with Crippen LogP contribution in [0, 0.1) is 0 Å². The Balaban J connectivity index is 2.63. The number of imidazole rings is 1. The Morgan fingerprint density at radius 3 is 2.73 bits per heavy atom. The van der Waals surface area contributed by atoms with Crippen LogP contribution in [0.4, 0.5) is 0 Å². The van der Waals surface area contributed by atoms with Crippen molar-refractivity contribution < 1.29 is 0 Å². The first-order chi connectivity index (χ1) is 7.24. The van der Waals surface area contributed by atoms with Crippen molar-refractivity contribution in [2.24, 2.45) is 0 Å². The average molecular weight is 220 g/mol. The number of rotatable bonds is 3. The first-order valence-corrected chi connectivity index (χ1v) is 6.32. The Labute approximate surface area is 94.7 Å². The lowest BCUT2D eigenvalue weighted by Crippen LogP contribution is -2.02. The summed E-state index contributed by atoms with van der Waals surface area (Å²) >= 11 is 1.81. The zero-order valence-corrected chi connectivity index (χ0v) is 10.2. The normalized spacial score (nSPS) is 11.5. The molecular formula is C12H16N2S. The molecule has 2 nitrogen and oxygen atoms in total. The van der Waals surface area contributed by atoms with E-state index >= 15 is 0 Å². The number of hydrogen-bond acceptors (Lipinski definition) is 2. The van der Waals surface area contributed by atoms with Crippen LogP contribution in [0.5, 0.6) is 0 Å². The summed E-state index contributed by atoms with van der Waals surface area (Å²) in [6, 6.07) is 8.80. The molecule has 0 aliphatic rings. The van der Waals surface area contributed by atoms with Crippen molar-refractivity contribution >= 4 is 22.8 Å². The maximum Gasteiger partial charge on any atom is 0.169 e. The maximum atomic E-state index is 4.65. The summed E-state index contributed by atoms with van der Waals surface area (Å²) in [6.07, 6.45) is 0. The van der Waals surface area contributed by atoms with E-state index in [0.29, 0.717) is 6.04 Å². The third-order valence-corrected chi connectivity index (χ3v) is 3.19. The summed E-state index contributed by atoms with van der Waals surface area (Å²) in [5, 5.41) is 1.13. The second-order valence-electron chi connectivity index (χ2n) is 3.78. The van der Waals surface area contributed by atoms with Crippen LogP contribution in [0.3, 0.4) is 0 Å². The van der Waals surface area contributed by atoms with Gasteiger partial charge in [-0.3, -0.25) is 0 Å². The second-order valence-corrected chi connectivity index (χ2v) is 5.01. The zero-order chi connectivity index (χ0) is 10.8. The van der Waals surface area contributed by atoms with Gasteiger partial charge in [-0.1, -0.05) is 30.8 Å². The minimum atomic E-state index is 0.464. The Hall–Kier alpha value is -0.960. The van der Waals surface area contributed by atoms with Gasteiger partial charge < -0.3 is 4.57 Å². The molecule has 1 aromatic carbocycles. The molecule has 0 radical (unpaired) electrons. The van der Waals surface area contributed by atoms with Crippen LogP contribution in [0.1, 0.15) is 26.8 Å². The van der Waals surface area contributed by atoms with Gasteiger partial charge in [0.05, 0.1) is 11.0 Å². The van der Waals surface area contributed by atoms with Gasteiger partial charge in [0.15, 0.2) is 5.16 Å². The molecule has 15 heavy (non-hydrogen) atoms. The molecule has 2 aromatic rings. The fraction of sp³-hybridized carbons (Fsp3) is 0.417. The van der Waals surface area contributed by atoms with Crippen LogP contribution in [0.15, 0.2) is 29.4 Å². The van der Waals surface area contributed by atoms with Crippen molar-refractivity contribution in [2.75, 3.05) is 5.75 Å². The van der Waals surface area contributed by atoms with Crippen molar-refractivity contribution in [1.29, 1.82) is 0 Å². The zero-order valence-electron chi connectivity index (χ0n) is 9.40. The van der Waals surface area contributed by atoms with Gasteiger partial charge in [-0.05, 0) is 31.7 Å². The summed E-state index contributed by atoms with van der Waals surface area (Å²) in [7, 11) is 0. The monoisotopic (exact) mass is 220 g/mol. The second kappa shape index (κ2) is 4.27. The molecule has 0 saturated heterocycles. The van der Waals surface area contributed by atoms with Crippen molar-refractivity contribution in [2.45, 2.75) is 32.0 Å². The Morgan fingerprint density at radius 2 is 2.07 bits per heavy atom. The molecule has 0 amide bonds. The first kappa shape index (κ1) is 10.6. The molecule has 80 valence electrons. The number of para-hydroxylation sites is 2. The van der Waals surface area contributed by atoms with Crippen molar-refractivity contribution in [3.8, 4) is 0 Å². The van der Waals surface area contributed by atoms with E-state index in [0.717, 1.165) is 16.4 Å². The van der Waals surface area contributed by atoms with Crippen molar-refractivity contribution in [1.82, 2.24) is 9.55 Å². The number of thioether (sulfide) groups is 1. The largest absolute Gasteiger partial charge is 0.316 e. The van der Waals surface area contributed by atoms with Gasteiger partial charge in [-0.2, -0.15) is 0 Å². The lowest BCUT2D eigenvalue weighted by atomic mass is 10.3. The van der Waals surface area contributed by atoms with Crippen LogP contribution >= 0.6 is 11.8 Å². The van der Waals surface area contributed by atoms with E-state index in [9.17, 15) is 0 Å². The summed E-state index contributed by atoms with van der Waals surface area (Å²) in [5.74, 6) is 1.07. The fourth-order valence-electron chi connectivity index (χ4n) is 1.75. The van der Waals surface area contributed by atoms with E-state index < -0.39 is 0 Å². The number of nitrogens with zero attached hydrogens (tertiary/aromatic N) is 2. The highest BCUT2D eigenvalue weighted by molar-refractivity contribution is 7.99. The summed E-state index contributed by atoms with van der Waals surface area (Å²) in [6.45, 7) is 6.57. The highest BCUT2D eigenvalue weighted by Gasteiger charge is 2.11. The number of hydrogen-bond donors (Lipinski definition) is 0. The van der Waals surface area contributed by atoms with Crippen LogP contribution in [-0.4, -0.2) is 15.3 Å². The molecule has 0 unspecified atom stereocenters. The van der Waals surface area contributed by atoms with E-state index in [1.165, 1.54) is 5.52 Å². The lowest BCUT2D eigenvalue weighted by molar-refractivity contribution is 0.566. The van der Waals surface area contributed by atoms with Crippen molar-refractivity contribution in [3.63, 3.8) is 0 Å². The molecular weight excluding hydrogens is 204 g/mol. The van der Waals surface area contributed by atoms with E-state index in [2.05, 4.69) is 48.5 Å². The predicted octanol–water partition coefficient (Wildman–Crippen LogP) is 3.73. The first-order valence-electron chi connectivity index (χ1n) is 5.33. The predicted molar refractivity (Wildman–Crippen MR) is 66.5 cm³/mol. The van der Waals surface area contributed by atoms with Gasteiger partial charge in [0, 0.05) is 6.04 Å². The highest BCUT2D eigenvalue weighted by Crippen LogP contribution is 2.27. The SMILES string of the molecule is CCSc1nc2ccccc2n1C(C)C. The molecule has 0 fully saturated rings. The van der Waals surface area contributed by atoms with Gasteiger partial charge >= 0.3 is 0 Å². The summed E-state index contributed by atoms with van der Waals surface area (Å²) < 4.78 is 2.31. The van der Waals surface area contributed by atoms with Gasteiger partial charge in [0.25, 0.3) is 0 Å². The molecule has 3 heteroatoms. The number of aromatic nitrogens is 2. The molecule has 0 atom stereocenters. The van der Waals surface area contributed by atoms with Gasteiger partial charge in [0.1, 0.15) is 0 Å². The Bertz CT molecular complexity index is 460. The quantitative estimate of drug-likeness (QED) is 0.733. The van der Waals surface area contributed by atoms with Gasteiger partial charge in [0.2, 0.25) is 0 Å². The average Bonchev–Trinajstić information content (AvgIpc) is 2.56. The molecule has 0 bridgehead atoms. The van der Waals surface area contributed by atoms with Gasteiger partial charge in [-0.25, -0.2) is 4.98 Å². The summed E-state index contributed by atoms with van der Waals surface area (Å²) in [5.41, 5.74) is 2.34. The van der Waals surface area contributed by atoms with Crippen LogP contribution < -0.4 is 0 Å². The molecule has 1 aromatic heterocycles. The molecule has 1 heterocycles. The summed E-state index contributed by atoms with van der Waals surface area (Å²) in [4.78, 5) is 4.65. The molecule has 0 aliphatic heterocycles. The molecule has 0 saturated carbocycles. The minimum absolute atomic E-state index is 0.464. The molecule has 2 rings (SSSR count). The Kier molecular flexibility index (Phi) is 3.00. The van der Waals surface area contributed by atoms with E-state index in [-0.39, 0.29) is 0 Å². The highest BCUT2D eigenvalue weighted by atomic mass is 32.2. The molecule has 0 spiro atoms. The molecule has 0 N–H and O–H groups in total. The van der Waals surface area contributed by atoms with Crippen LogP contribution in [0.2, 0.25) is 0 Å². The van der Waals surface area contributed by atoms with Crippen LogP contribution in [-0.2, 0) is 0 Å². The van der Waals surface area contributed by atoms with E-state index in [1.54, 1.807) is 0 Å². The fourth-order valence-corrected chi connectivity index (χ4v) is 2.62. The minimum Gasteiger partial charge on any atom is -0.316 e. The lowest BCUT2D eigenvalue weighted by Gasteiger charge is -2.11. The topological polar surface area (TPSA) is 17.8 Å². The van der Waals surface area contributed by atoms with Crippen LogP contribution in [0.25, 0.3) is 11.0 Å². The third-order valence-electron chi connectivity index (χ3n) is 2.35. The number of benzene rings is 1. The third kappa shape index (κ3) is 1.88. The molecule has 0 aliphatic carbocycles. The smallest absolute Gasteiger partial charge is 0.169 e. The standard InChI is InChI=1S/C12H16N2S/c1-4-15-12-13-10-7-5-6-8-11(10)14(12)9(2)3/h5-9H,4H2,1-3H3. The number of fused-ring (bicyclic) bond motifs is 1. The Morgan fingerprint density at radius 1 is 1.33 bits per heavy atom. The maximum absolute atomic E-state index is 4.65. The van der Waals surface area contributed by atoms with Gasteiger partial charge in [-0.15, -0.1) is 0 Å².